The molecule has 1 heterocycles. The van der Waals surface area contributed by atoms with Crippen molar-refractivity contribution in [3.05, 3.63) is 58.9 Å². The number of benzene rings is 1. The van der Waals surface area contributed by atoms with Gasteiger partial charge in [-0.2, -0.15) is 0 Å². The van der Waals surface area contributed by atoms with Crippen molar-refractivity contribution in [3.63, 3.8) is 0 Å². The molecule has 0 aliphatic rings. The summed E-state index contributed by atoms with van der Waals surface area (Å²) in [5.41, 5.74) is 7.93. The van der Waals surface area contributed by atoms with Crippen molar-refractivity contribution in [2.75, 3.05) is 11.9 Å². The second-order valence-corrected chi connectivity index (χ2v) is 4.63. The maximum Gasteiger partial charge on any atom is 0.126 e. The van der Waals surface area contributed by atoms with Crippen molar-refractivity contribution >= 4 is 23.1 Å². The lowest BCUT2D eigenvalue weighted by atomic mass is 10.1. The first-order valence-electron chi connectivity index (χ1n) is 5.83. The van der Waals surface area contributed by atoms with Crippen LogP contribution in [0.4, 0.5) is 5.69 Å². The molecule has 0 unspecified atom stereocenters. The van der Waals surface area contributed by atoms with E-state index in [-0.39, 0.29) is 5.84 Å². The highest BCUT2D eigenvalue weighted by molar-refractivity contribution is 6.34. The molecule has 0 radical (unpaired) electrons. The number of rotatable bonds is 4. The Morgan fingerprint density at radius 1 is 1.32 bits per heavy atom. The van der Waals surface area contributed by atoms with Gasteiger partial charge in [0.05, 0.1) is 22.8 Å². The Morgan fingerprint density at radius 2 is 2.11 bits per heavy atom. The van der Waals surface area contributed by atoms with Gasteiger partial charge in [0.15, 0.2) is 0 Å². The van der Waals surface area contributed by atoms with Gasteiger partial charge in [0.1, 0.15) is 5.84 Å². The predicted octanol–water partition coefficient (Wildman–Crippen LogP) is 2.66. The molecule has 1 aromatic heterocycles. The Labute approximate surface area is 117 Å². The predicted molar refractivity (Wildman–Crippen MR) is 78.8 cm³/mol. The van der Waals surface area contributed by atoms with Crippen LogP contribution in [0.2, 0.25) is 5.02 Å². The van der Waals surface area contributed by atoms with Gasteiger partial charge < -0.3 is 10.6 Å². The van der Waals surface area contributed by atoms with Crippen LogP contribution in [0.3, 0.4) is 0 Å². The summed E-state index contributed by atoms with van der Waals surface area (Å²) in [7, 11) is 1.92. The number of nitrogen functional groups attached to an aromatic ring is 1. The van der Waals surface area contributed by atoms with Crippen molar-refractivity contribution in [2.24, 2.45) is 5.73 Å². The topological polar surface area (TPSA) is 66.0 Å². The molecule has 19 heavy (non-hydrogen) atoms. The molecule has 0 amide bonds. The molecule has 0 saturated carbocycles. The summed E-state index contributed by atoms with van der Waals surface area (Å²) in [5.74, 6) is -0.0338. The maximum atomic E-state index is 7.64. The lowest BCUT2D eigenvalue weighted by Gasteiger charge is -2.22. The number of anilines is 1. The largest absolute Gasteiger partial charge is 0.384 e. The molecular formula is C14H15ClN4. The standard InChI is InChI=1S/C14H15ClN4/c1-19(9-10-5-2-3-8-18-10)12-7-4-6-11(15)13(12)14(16)17/h2-8H,9H2,1H3,(H3,16,17). The third-order valence-corrected chi connectivity index (χ3v) is 3.11. The van der Waals surface area contributed by atoms with Crippen LogP contribution in [-0.2, 0) is 6.54 Å². The highest BCUT2D eigenvalue weighted by Gasteiger charge is 2.13. The zero-order valence-corrected chi connectivity index (χ0v) is 11.4. The summed E-state index contributed by atoms with van der Waals surface area (Å²) < 4.78 is 0. The van der Waals surface area contributed by atoms with Gasteiger partial charge >= 0.3 is 0 Å². The zero-order chi connectivity index (χ0) is 13.8. The number of halogens is 1. The number of nitrogens with two attached hydrogens (primary N) is 1. The van der Waals surface area contributed by atoms with Crippen LogP contribution in [0.5, 0.6) is 0 Å². The molecule has 3 N–H and O–H groups in total. The SMILES string of the molecule is CN(Cc1ccccn1)c1cccc(Cl)c1C(=N)N. The van der Waals surface area contributed by atoms with Gasteiger partial charge in [-0.05, 0) is 24.3 Å². The number of pyridine rings is 1. The molecule has 4 nitrogen and oxygen atoms in total. The molecule has 0 fully saturated rings. The number of aromatic nitrogens is 1. The first-order valence-corrected chi connectivity index (χ1v) is 6.21. The fraction of sp³-hybridized carbons (Fsp3) is 0.143. The Balaban J connectivity index is 2.31. The molecule has 0 aliphatic heterocycles. The Morgan fingerprint density at radius 3 is 2.74 bits per heavy atom. The number of nitrogens with one attached hydrogen (secondary N) is 1. The lowest BCUT2D eigenvalue weighted by Crippen LogP contribution is -2.22. The molecule has 0 atom stereocenters. The van der Waals surface area contributed by atoms with Crippen LogP contribution >= 0.6 is 11.6 Å². The third-order valence-electron chi connectivity index (χ3n) is 2.80. The Hall–Kier alpha value is -2.07. The summed E-state index contributed by atoms with van der Waals surface area (Å²) in [5, 5.41) is 8.13. The molecule has 0 aliphatic carbocycles. The zero-order valence-electron chi connectivity index (χ0n) is 10.6. The van der Waals surface area contributed by atoms with E-state index in [0.717, 1.165) is 11.4 Å². The minimum atomic E-state index is -0.0338. The first-order chi connectivity index (χ1) is 9.09. The molecule has 2 aromatic rings. The van der Waals surface area contributed by atoms with Crippen LogP contribution < -0.4 is 10.6 Å². The van der Waals surface area contributed by atoms with E-state index in [1.165, 1.54) is 0 Å². The van der Waals surface area contributed by atoms with Crippen LogP contribution in [0.25, 0.3) is 0 Å². The van der Waals surface area contributed by atoms with Crippen LogP contribution in [-0.4, -0.2) is 17.9 Å². The second-order valence-electron chi connectivity index (χ2n) is 4.22. The number of nitrogens with zero attached hydrogens (tertiary/aromatic N) is 2. The van der Waals surface area contributed by atoms with Gasteiger partial charge in [-0.25, -0.2) is 0 Å². The molecule has 5 heteroatoms. The summed E-state index contributed by atoms with van der Waals surface area (Å²) in [6.07, 6.45) is 1.76. The van der Waals surface area contributed by atoms with Crippen molar-refractivity contribution in [2.45, 2.75) is 6.54 Å². The van der Waals surface area contributed by atoms with Gasteiger partial charge in [-0.1, -0.05) is 23.7 Å². The molecule has 0 saturated heterocycles. The Bertz CT molecular complexity index is 583. The summed E-state index contributed by atoms with van der Waals surface area (Å²) in [6, 6.07) is 11.2. The fourth-order valence-corrected chi connectivity index (χ4v) is 2.19. The fourth-order valence-electron chi connectivity index (χ4n) is 1.92. The first kappa shape index (κ1) is 13.4. The molecule has 2 rings (SSSR count). The van der Waals surface area contributed by atoms with Gasteiger partial charge in [0.2, 0.25) is 0 Å². The molecule has 98 valence electrons. The number of amidine groups is 1. The van der Waals surface area contributed by atoms with Gasteiger partial charge in [0.25, 0.3) is 0 Å². The maximum absolute atomic E-state index is 7.64. The summed E-state index contributed by atoms with van der Waals surface area (Å²) >= 11 is 6.11. The lowest BCUT2D eigenvalue weighted by molar-refractivity contribution is 0.884. The summed E-state index contributed by atoms with van der Waals surface area (Å²) in [4.78, 5) is 6.26. The van der Waals surface area contributed by atoms with Crippen molar-refractivity contribution in [1.29, 1.82) is 5.41 Å². The molecule has 0 spiro atoms. The quantitative estimate of drug-likeness (QED) is 0.665. The number of hydrogen-bond acceptors (Lipinski definition) is 3. The third kappa shape index (κ3) is 3.03. The van der Waals surface area contributed by atoms with Crippen LogP contribution in [0, 0.1) is 5.41 Å². The van der Waals surface area contributed by atoms with E-state index in [1.54, 1.807) is 12.3 Å². The van der Waals surface area contributed by atoms with Crippen molar-refractivity contribution in [1.82, 2.24) is 4.98 Å². The monoisotopic (exact) mass is 274 g/mol. The van der Waals surface area contributed by atoms with E-state index in [1.807, 2.05) is 42.3 Å². The highest BCUT2D eigenvalue weighted by Crippen LogP contribution is 2.27. The Kier molecular flexibility index (Phi) is 4.02. The van der Waals surface area contributed by atoms with E-state index in [4.69, 9.17) is 22.7 Å². The molecule has 0 bridgehead atoms. The van der Waals surface area contributed by atoms with Gasteiger partial charge in [-0.15, -0.1) is 0 Å². The smallest absolute Gasteiger partial charge is 0.126 e. The van der Waals surface area contributed by atoms with E-state index in [9.17, 15) is 0 Å². The molecular weight excluding hydrogens is 260 g/mol. The van der Waals surface area contributed by atoms with E-state index < -0.39 is 0 Å². The van der Waals surface area contributed by atoms with Crippen molar-refractivity contribution in [3.8, 4) is 0 Å². The van der Waals surface area contributed by atoms with Gasteiger partial charge in [-0.3, -0.25) is 10.4 Å². The van der Waals surface area contributed by atoms with Crippen LogP contribution in [0.15, 0.2) is 42.6 Å². The molecule has 1 aromatic carbocycles. The number of hydrogen-bond donors (Lipinski definition) is 2. The second kappa shape index (κ2) is 5.71. The van der Waals surface area contributed by atoms with E-state index in [2.05, 4.69) is 4.98 Å². The minimum Gasteiger partial charge on any atom is -0.384 e. The average Bonchev–Trinajstić information content (AvgIpc) is 2.39. The van der Waals surface area contributed by atoms with E-state index in [0.29, 0.717) is 17.1 Å². The van der Waals surface area contributed by atoms with Crippen LogP contribution in [0.1, 0.15) is 11.3 Å². The minimum absolute atomic E-state index is 0.0338. The van der Waals surface area contributed by atoms with Gasteiger partial charge in [0, 0.05) is 18.9 Å². The summed E-state index contributed by atoms with van der Waals surface area (Å²) in [6.45, 7) is 0.626. The average molecular weight is 275 g/mol. The normalized spacial score (nSPS) is 10.2. The highest BCUT2D eigenvalue weighted by atomic mass is 35.5. The van der Waals surface area contributed by atoms with Crippen molar-refractivity contribution < 1.29 is 0 Å². The van der Waals surface area contributed by atoms with E-state index >= 15 is 0 Å².